The van der Waals surface area contributed by atoms with E-state index in [0.29, 0.717) is 6.54 Å². The van der Waals surface area contributed by atoms with E-state index in [1.165, 1.54) is 7.11 Å². The number of hydrogen-bond acceptors (Lipinski definition) is 3. The van der Waals surface area contributed by atoms with Gasteiger partial charge in [0.2, 0.25) is 5.91 Å². The van der Waals surface area contributed by atoms with E-state index >= 15 is 0 Å². The SMILES string of the molecule is COC(=O)N[C@H](C(=O)N1CCC[C@H]1c1cc2ccc3cc(Br)ccc3c2[nH]1)C(C)C. The number of carbonyl (C=O) groups excluding carboxylic acids is 2. The van der Waals surface area contributed by atoms with E-state index in [9.17, 15) is 9.59 Å². The molecule has 0 unspecified atom stereocenters. The minimum absolute atomic E-state index is 0.0314. The Labute approximate surface area is 184 Å². The van der Waals surface area contributed by atoms with Crippen molar-refractivity contribution in [3.8, 4) is 0 Å². The molecule has 2 amide bonds. The summed E-state index contributed by atoms with van der Waals surface area (Å²) in [5.74, 6) is -0.103. The number of ether oxygens (including phenoxy) is 1. The Balaban J connectivity index is 1.67. The summed E-state index contributed by atoms with van der Waals surface area (Å²) in [5.41, 5.74) is 2.12. The van der Waals surface area contributed by atoms with Crippen LogP contribution in [0.15, 0.2) is 40.9 Å². The van der Waals surface area contributed by atoms with Crippen LogP contribution in [0.25, 0.3) is 21.7 Å². The first kappa shape index (κ1) is 20.7. The van der Waals surface area contributed by atoms with E-state index < -0.39 is 12.1 Å². The molecule has 158 valence electrons. The lowest BCUT2D eigenvalue weighted by molar-refractivity contribution is -0.135. The highest BCUT2D eigenvalue weighted by Crippen LogP contribution is 2.36. The van der Waals surface area contributed by atoms with Crippen molar-refractivity contribution in [1.29, 1.82) is 0 Å². The number of H-pyrrole nitrogens is 1. The van der Waals surface area contributed by atoms with Gasteiger partial charge in [0.05, 0.1) is 18.7 Å². The Kier molecular flexibility index (Phi) is 5.73. The van der Waals surface area contributed by atoms with Crippen LogP contribution < -0.4 is 5.32 Å². The Bertz CT molecular complexity index is 1110. The van der Waals surface area contributed by atoms with Gasteiger partial charge in [-0.05, 0) is 42.3 Å². The molecule has 6 nitrogen and oxygen atoms in total. The Morgan fingerprint density at radius 3 is 2.70 bits per heavy atom. The van der Waals surface area contributed by atoms with Crippen molar-refractivity contribution < 1.29 is 14.3 Å². The maximum atomic E-state index is 13.3. The first-order valence-corrected chi connectivity index (χ1v) is 11.0. The molecule has 0 saturated carbocycles. The minimum Gasteiger partial charge on any atom is -0.453 e. The van der Waals surface area contributed by atoms with Gasteiger partial charge in [0.25, 0.3) is 0 Å². The van der Waals surface area contributed by atoms with Crippen molar-refractivity contribution >= 4 is 49.6 Å². The van der Waals surface area contributed by atoms with Crippen LogP contribution in [0.1, 0.15) is 38.4 Å². The van der Waals surface area contributed by atoms with Crippen LogP contribution in [0, 0.1) is 5.92 Å². The molecule has 2 N–H and O–H groups in total. The van der Waals surface area contributed by atoms with Gasteiger partial charge in [0.15, 0.2) is 0 Å². The fourth-order valence-electron chi connectivity index (χ4n) is 4.34. The third-order valence-electron chi connectivity index (χ3n) is 5.88. The van der Waals surface area contributed by atoms with Gasteiger partial charge in [-0.15, -0.1) is 0 Å². The molecule has 3 aromatic rings. The summed E-state index contributed by atoms with van der Waals surface area (Å²) in [4.78, 5) is 30.6. The maximum absolute atomic E-state index is 13.3. The molecule has 1 aliphatic heterocycles. The van der Waals surface area contributed by atoms with Crippen LogP contribution in [0.4, 0.5) is 4.79 Å². The summed E-state index contributed by atoms with van der Waals surface area (Å²) < 4.78 is 5.76. The van der Waals surface area contributed by atoms with Gasteiger partial charge in [0, 0.05) is 27.5 Å². The predicted octanol–water partition coefficient (Wildman–Crippen LogP) is 5.13. The number of rotatable bonds is 4. The van der Waals surface area contributed by atoms with Crippen molar-refractivity contribution in [3.63, 3.8) is 0 Å². The second-order valence-corrected chi connectivity index (χ2v) is 9.08. The average molecular weight is 472 g/mol. The van der Waals surface area contributed by atoms with Crippen LogP contribution in [0.2, 0.25) is 0 Å². The fourth-order valence-corrected chi connectivity index (χ4v) is 4.72. The second kappa shape index (κ2) is 8.30. The highest BCUT2D eigenvalue weighted by Gasteiger charge is 2.36. The molecule has 30 heavy (non-hydrogen) atoms. The van der Waals surface area contributed by atoms with Crippen molar-refractivity contribution in [2.75, 3.05) is 13.7 Å². The molecule has 1 aromatic heterocycles. The van der Waals surface area contributed by atoms with E-state index in [4.69, 9.17) is 4.74 Å². The highest BCUT2D eigenvalue weighted by molar-refractivity contribution is 9.10. The first-order chi connectivity index (χ1) is 14.4. The Morgan fingerprint density at radius 2 is 1.97 bits per heavy atom. The molecule has 0 bridgehead atoms. The average Bonchev–Trinajstić information content (AvgIpc) is 3.37. The van der Waals surface area contributed by atoms with Gasteiger partial charge in [-0.25, -0.2) is 4.79 Å². The number of nitrogens with zero attached hydrogens (tertiary/aromatic N) is 1. The van der Waals surface area contributed by atoms with Crippen LogP contribution >= 0.6 is 15.9 Å². The van der Waals surface area contributed by atoms with E-state index in [1.54, 1.807) is 0 Å². The molecule has 2 heterocycles. The van der Waals surface area contributed by atoms with Gasteiger partial charge in [-0.1, -0.05) is 48.0 Å². The molecule has 1 aliphatic rings. The zero-order chi connectivity index (χ0) is 21.4. The lowest BCUT2D eigenvalue weighted by Gasteiger charge is -2.30. The molecule has 1 saturated heterocycles. The number of amides is 2. The first-order valence-electron chi connectivity index (χ1n) is 10.2. The minimum atomic E-state index is -0.611. The van der Waals surface area contributed by atoms with Gasteiger partial charge in [-0.3, -0.25) is 4.79 Å². The van der Waals surface area contributed by atoms with Crippen LogP contribution in [-0.4, -0.2) is 41.6 Å². The molecule has 2 aromatic carbocycles. The molecular weight excluding hydrogens is 446 g/mol. The number of halogens is 1. The third kappa shape index (κ3) is 3.78. The van der Waals surface area contributed by atoms with Gasteiger partial charge in [0.1, 0.15) is 6.04 Å². The van der Waals surface area contributed by atoms with Gasteiger partial charge >= 0.3 is 6.09 Å². The lowest BCUT2D eigenvalue weighted by Crippen LogP contribution is -2.51. The Morgan fingerprint density at radius 1 is 1.20 bits per heavy atom. The van der Waals surface area contributed by atoms with Crippen molar-refractivity contribution in [2.24, 2.45) is 5.92 Å². The van der Waals surface area contributed by atoms with Crippen molar-refractivity contribution in [1.82, 2.24) is 15.2 Å². The smallest absolute Gasteiger partial charge is 0.407 e. The van der Waals surface area contributed by atoms with E-state index in [-0.39, 0.29) is 17.9 Å². The van der Waals surface area contributed by atoms with E-state index in [1.807, 2.05) is 24.8 Å². The van der Waals surface area contributed by atoms with Crippen LogP contribution in [0.3, 0.4) is 0 Å². The number of nitrogens with one attached hydrogen (secondary N) is 2. The number of methoxy groups -OCH3 is 1. The molecule has 1 fully saturated rings. The topological polar surface area (TPSA) is 74.4 Å². The molecular formula is C23H26BrN3O3. The number of carbonyl (C=O) groups is 2. The zero-order valence-corrected chi connectivity index (χ0v) is 19.0. The normalized spacial score (nSPS) is 17.6. The number of fused-ring (bicyclic) bond motifs is 3. The van der Waals surface area contributed by atoms with E-state index in [0.717, 1.165) is 44.7 Å². The Hall–Kier alpha value is -2.54. The highest BCUT2D eigenvalue weighted by atomic mass is 79.9. The van der Waals surface area contributed by atoms with E-state index in [2.05, 4.69) is 56.6 Å². The zero-order valence-electron chi connectivity index (χ0n) is 17.4. The number of hydrogen-bond donors (Lipinski definition) is 2. The quantitative estimate of drug-likeness (QED) is 0.553. The lowest BCUT2D eigenvalue weighted by atomic mass is 10.0. The molecule has 0 radical (unpaired) electrons. The van der Waals surface area contributed by atoms with Crippen molar-refractivity contribution in [2.45, 2.75) is 38.8 Å². The summed E-state index contributed by atoms with van der Waals surface area (Å²) in [6.45, 7) is 4.53. The number of likely N-dealkylation sites (tertiary alicyclic amines) is 1. The molecule has 0 spiro atoms. The summed E-state index contributed by atoms with van der Waals surface area (Å²) in [7, 11) is 1.31. The number of alkyl carbamates (subject to hydrolysis) is 1. The monoisotopic (exact) mass is 471 g/mol. The fraction of sp³-hybridized carbons (Fsp3) is 0.391. The summed E-state index contributed by atoms with van der Waals surface area (Å²) in [6.07, 6.45) is 1.24. The van der Waals surface area contributed by atoms with Gasteiger partial charge in [-0.2, -0.15) is 0 Å². The van der Waals surface area contributed by atoms with Crippen LogP contribution in [0.5, 0.6) is 0 Å². The molecule has 4 rings (SSSR count). The number of aromatic nitrogens is 1. The third-order valence-corrected chi connectivity index (χ3v) is 6.37. The molecule has 0 aliphatic carbocycles. The molecule has 7 heteroatoms. The van der Waals surface area contributed by atoms with Gasteiger partial charge < -0.3 is 19.9 Å². The number of aromatic amines is 1. The van der Waals surface area contributed by atoms with Crippen molar-refractivity contribution in [3.05, 3.63) is 46.6 Å². The summed E-state index contributed by atoms with van der Waals surface area (Å²) >= 11 is 3.53. The summed E-state index contributed by atoms with van der Waals surface area (Å²) in [6, 6.07) is 12.0. The second-order valence-electron chi connectivity index (χ2n) is 8.17. The standard InChI is InChI=1S/C23H26BrN3O3/c1-13(2)20(26-23(29)30-3)22(28)27-10-4-5-19(27)18-12-15-7-6-14-11-16(24)8-9-17(14)21(15)25-18/h6-9,11-13,19-20,25H,4-5,10H2,1-3H3,(H,26,29)/t19-,20-/m0/s1. The predicted molar refractivity (Wildman–Crippen MR) is 121 cm³/mol. The van der Waals surface area contributed by atoms with Crippen LogP contribution in [-0.2, 0) is 9.53 Å². The number of benzene rings is 2. The summed E-state index contributed by atoms with van der Waals surface area (Å²) in [5, 5.41) is 6.15. The maximum Gasteiger partial charge on any atom is 0.407 e. The largest absolute Gasteiger partial charge is 0.453 e. The molecule has 2 atom stereocenters.